The number of rotatable bonds is 2. The number of nitrogens with zero attached hydrogens (tertiary/aromatic N) is 3. The number of amides is 2. The molecule has 84 valence electrons. The van der Waals surface area contributed by atoms with Crippen molar-refractivity contribution in [3.8, 4) is 0 Å². The van der Waals surface area contributed by atoms with Crippen molar-refractivity contribution in [3.05, 3.63) is 49.1 Å². The van der Waals surface area contributed by atoms with Gasteiger partial charge in [-0.1, -0.05) is 18.2 Å². The Kier molecular flexibility index (Phi) is 4.10. The summed E-state index contributed by atoms with van der Waals surface area (Å²) < 4.78 is 1.53. The zero-order chi connectivity index (χ0) is 10.7. The number of carbonyl (C=O) groups is 1. The van der Waals surface area contributed by atoms with Crippen molar-refractivity contribution >= 4 is 11.7 Å². The third-order valence-corrected chi connectivity index (χ3v) is 1.93. The Morgan fingerprint density at radius 3 is 2.50 bits per heavy atom. The topological polar surface area (TPSA) is 64.2 Å². The van der Waals surface area contributed by atoms with Gasteiger partial charge in [-0.15, -0.1) is 0 Å². The predicted molar refractivity (Wildman–Crippen MR) is 56.1 cm³/mol. The van der Waals surface area contributed by atoms with Gasteiger partial charge in [0, 0.05) is 29.5 Å². The van der Waals surface area contributed by atoms with Crippen LogP contribution in [0.15, 0.2) is 49.1 Å². The second-order valence-electron chi connectivity index (χ2n) is 2.93. The number of carbonyl (C=O) groups excluding carboxylic acids is 1. The molecule has 0 aliphatic carbocycles. The van der Waals surface area contributed by atoms with Gasteiger partial charge in [0.05, 0.1) is 5.69 Å². The smallest absolute Gasteiger partial charge is 0.338 e. The van der Waals surface area contributed by atoms with Crippen molar-refractivity contribution in [1.29, 1.82) is 0 Å². The average Bonchev–Trinajstić information content (AvgIpc) is 2.72. The summed E-state index contributed by atoms with van der Waals surface area (Å²) in [6.07, 6.45) is 4.74. The van der Waals surface area contributed by atoms with Crippen molar-refractivity contribution in [2.45, 2.75) is 0 Å². The van der Waals surface area contributed by atoms with Crippen LogP contribution in [0.5, 0.6) is 0 Å². The van der Waals surface area contributed by atoms with Gasteiger partial charge in [-0.25, -0.2) is 14.5 Å². The molecule has 0 bridgehead atoms. The summed E-state index contributed by atoms with van der Waals surface area (Å²) in [6, 6.07) is 8.58. The second-order valence-corrected chi connectivity index (χ2v) is 2.93. The minimum atomic E-state index is -0.556. The number of anilines is 1. The Morgan fingerprint density at radius 2 is 2.00 bits per heavy atom. The van der Waals surface area contributed by atoms with Crippen LogP contribution in [0, 0.1) is 0 Å². The van der Waals surface area contributed by atoms with Gasteiger partial charge in [0.1, 0.15) is 6.33 Å². The van der Waals surface area contributed by atoms with E-state index in [1.54, 1.807) is 24.5 Å². The monoisotopic (exact) mass is 258 g/mol. The van der Waals surface area contributed by atoms with Crippen molar-refractivity contribution in [2.24, 2.45) is 5.73 Å². The van der Waals surface area contributed by atoms with E-state index in [2.05, 4.69) is 4.98 Å². The summed E-state index contributed by atoms with van der Waals surface area (Å²) in [5.74, 6) is 0. The van der Waals surface area contributed by atoms with E-state index in [0.717, 1.165) is 0 Å². The minimum Gasteiger partial charge on any atom is -0.350 e. The second kappa shape index (κ2) is 5.34. The van der Waals surface area contributed by atoms with E-state index in [0.29, 0.717) is 5.69 Å². The predicted octanol–water partition coefficient (Wildman–Crippen LogP) is 1.23. The zero-order valence-corrected chi connectivity index (χ0v) is 9.40. The van der Waals surface area contributed by atoms with Gasteiger partial charge in [-0.3, -0.25) is 0 Å². The standard InChI is InChI=1S/C10H10N4O.Fe/c11-10(15)14(13-7-6-12-8-13)9-4-2-1-3-5-9;/h1-8H,(H2,11,15);. The maximum Gasteiger partial charge on any atom is 0.338 e. The van der Waals surface area contributed by atoms with E-state index in [-0.39, 0.29) is 17.1 Å². The normalized spacial score (nSPS) is 9.25. The zero-order valence-electron chi connectivity index (χ0n) is 8.30. The molecule has 0 fully saturated rings. The molecule has 0 saturated carbocycles. The summed E-state index contributed by atoms with van der Waals surface area (Å²) >= 11 is 0. The molecule has 0 atom stereocenters. The molecule has 2 rings (SSSR count). The number of imidazole rings is 1. The minimum absolute atomic E-state index is 0. The fourth-order valence-electron chi connectivity index (χ4n) is 1.31. The summed E-state index contributed by atoms with van der Waals surface area (Å²) in [5, 5.41) is 1.33. The van der Waals surface area contributed by atoms with Crippen LogP contribution in [0.4, 0.5) is 10.5 Å². The van der Waals surface area contributed by atoms with Gasteiger partial charge >= 0.3 is 6.03 Å². The van der Waals surface area contributed by atoms with Crippen molar-refractivity contribution < 1.29 is 21.9 Å². The van der Waals surface area contributed by atoms with E-state index < -0.39 is 6.03 Å². The number of para-hydroxylation sites is 1. The van der Waals surface area contributed by atoms with E-state index in [4.69, 9.17) is 5.73 Å². The first-order valence-electron chi connectivity index (χ1n) is 4.42. The molecule has 0 radical (unpaired) electrons. The van der Waals surface area contributed by atoms with Gasteiger partial charge in [0.2, 0.25) is 0 Å². The number of hydrogen-bond acceptors (Lipinski definition) is 2. The molecular formula is C10H10FeN4O. The quantitative estimate of drug-likeness (QED) is 0.823. The number of aromatic nitrogens is 2. The van der Waals surface area contributed by atoms with Crippen molar-refractivity contribution in [3.63, 3.8) is 0 Å². The van der Waals surface area contributed by atoms with Crippen LogP contribution in [0.1, 0.15) is 0 Å². The molecule has 0 aliphatic heterocycles. The fraction of sp³-hybridized carbons (Fsp3) is 0. The number of nitrogens with two attached hydrogens (primary N) is 1. The number of benzene rings is 1. The molecule has 16 heavy (non-hydrogen) atoms. The van der Waals surface area contributed by atoms with Gasteiger partial charge < -0.3 is 5.73 Å². The van der Waals surface area contributed by atoms with E-state index in [1.807, 2.05) is 18.2 Å². The number of hydrogen-bond donors (Lipinski definition) is 1. The SMILES string of the molecule is NC(=O)N(c1ccccc1)n1ccnc1.[Fe]. The van der Waals surface area contributed by atoms with Crippen LogP contribution in [0.3, 0.4) is 0 Å². The Hall–Kier alpha value is -1.78. The first kappa shape index (κ1) is 12.3. The third-order valence-electron chi connectivity index (χ3n) is 1.93. The molecule has 0 unspecified atom stereocenters. The largest absolute Gasteiger partial charge is 0.350 e. The Morgan fingerprint density at radius 1 is 1.31 bits per heavy atom. The Bertz CT molecular complexity index is 443. The van der Waals surface area contributed by atoms with Crippen molar-refractivity contribution in [1.82, 2.24) is 9.66 Å². The molecule has 5 nitrogen and oxygen atoms in total. The first-order valence-corrected chi connectivity index (χ1v) is 4.42. The van der Waals surface area contributed by atoms with Gasteiger partial charge in [-0.05, 0) is 12.1 Å². The molecule has 1 heterocycles. The molecule has 0 spiro atoms. The van der Waals surface area contributed by atoms with Crippen molar-refractivity contribution in [2.75, 3.05) is 5.01 Å². The number of primary amides is 1. The maximum absolute atomic E-state index is 11.3. The van der Waals surface area contributed by atoms with E-state index >= 15 is 0 Å². The van der Waals surface area contributed by atoms with Gasteiger partial charge in [0.15, 0.2) is 0 Å². The van der Waals surface area contributed by atoms with Crippen LogP contribution in [-0.4, -0.2) is 15.7 Å². The Labute approximate surface area is 103 Å². The van der Waals surface area contributed by atoms with Crippen LogP contribution in [0.25, 0.3) is 0 Å². The molecule has 0 saturated heterocycles. The summed E-state index contributed by atoms with van der Waals surface area (Å²) in [5.41, 5.74) is 6.00. The molecule has 2 aromatic rings. The summed E-state index contributed by atoms with van der Waals surface area (Å²) in [7, 11) is 0. The maximum atomic E-state index is 11.3. The summed E-state index contributed by atoms with van der Waals surface area (Å²) in [4.78, 5) is 15.2. The average molecular weight is 258 g/mol. The molecule has 2 N–H and O–H groups in total. The van der Waals surface area contributed by atoms with E-state index in [9.17, 15) is 4.79 Å². The summed E-state index contributed by atoms with van der Waals surface area (Å²) in [6.45, 7) is 0. The van der Waals surface area contributed by atoms with Gasteiger partial charge in [0.25, 0.3) is 0 Å². The third kappa shape index (κ3) is 2.42. The fourth-order valence-corrected chi connectivity index (χ4v) is 1.31. The van der Waals surface area contributed by atoms with Crippen LogP contribution < -0.4 is 10.7 Å². The van der Waals surface area contributed by atoms with Crippen LogP contribution in [-0.2, 0) is 17.1 Å². The van der Waals surface area contributed by atoms with E-state index in [1.165, 1.54) is 16.0 Å². The molecule has 2 amide bonds. The van der Waals surface area contributed by atoms with Gasteiger partial charge in [-0.2, -0.15) is 5.01 Å². The molecule has 1 aromatic carbocycles. The molecule has 0 aliphatic rings. The molecule has 1 aromatic heterocycles. The Balaban J connectivity index is 0.00000128. The van der Waals surface area contributed by atoms with Crippen LogP contribution >= 0.6 is 0 Å². The van der Waals surface area contributed by atoms with Crippen LogP contribution in [0.2, 0.25) is 0 Å². The molecule has 6 heteroatoms. The first-order chi connectivity index (χ1) is 7.29. The number of urea groups is 1. The molecular weight excluding hydrogens is 248 g/mol.